The molecule has 1 aliphatic heterocycles. The molecule has 0 aromatic heterocycles. The molecule has 0 atom stereocenters. The molecule has 7 nitrogen and oxygen atoms in total. The molecule has 0 bridgehead atoms. The summed E-state index contributed by atoms with van der Waals surface area (Å²) in [5.41, 5.74) is 2.16. The van der Waals surface area contributed by atoms with Crippen molar-refractivity contribution in [3.63, 3.8) is 0 Å². The Morgan fingerprint density at radius 3 is 2.08 bits per heavy atom. The molecule has 0 N–H and O–H groups in total. The van der Waals surface area contributed by atoms with Gasteiger partial charge in [-0.05, 0) is 23.5 Å². The predicted molar refractivity (Wildman–Crippen MR) is 96.0 cm³/mol. The van der Waals surface area contributed by atoms with Crippen molar-refractivity contribution >= 4 is 23.8 Å². The zero-order chi connectivity index (χ0) is 19.4. The fraction of sp³-hybridized carbons (Fsp3) is 0.474. The van der Waals surface area contributed by atoms with E-state index in [0.717, 1.165) is 21.8 Å². The van der Waals surface area contributed by atoms with Crippen molar-refractivity contribution in [3.8, 4) is 0 Å². The normalized spacial score (nSPS) is 14.6. The third kappa shape index (κ3) is 4.28. The smallest absolute Gasteiger partial charge is 0.334 e. The molecule has 1 aliphatic rings. The van der Waals surface area contributed by atoms with Gasteiger partial charge in [0.2, 0.25) is 5.91 Å². The highest BCUT2D eigenvalue weighted by Gasteiger charge is 2.45. The van der Waals surface area contributed by atoms with Gasteiger partial charge in [0.05, 0.1) is 0 Å². The van der Waals surface area contributed by atoms with Crippen molar-refractivity contribution in [2.24, 2.45) is 5.92 Å². The van der Waals surface area contributed by atoms with Crippen molar-refractivity contribution < 1.29 is 19.2 Å². The minimum Gasteiger partial charge on any atom is -0.340 e. The maximum atomic E-state index is 12.4. The van der Waals surface area contributed by atoms with Gasteiger partial charge in [0, 0.05) is 20.1 Å². The van der Waals surface area contributed by atoms with Crippen molar-refractivity contribution in [1.82, 2.24) is 14.7 Å². The molecular formula is C19H25N3O4. The highest BCUT2D eigenvalue weighted by molar-refractivity contribution is 6.45. The number of hydrogen-bond acceptors (Lipinski definition) is 4. The summed E-state index contributed by atoms with van der Waals surface area (Å²) in [6, 6.07) is 7.18. The molecule has 26 heavy (non-hydrogen) atoms. The SMILES string of the molecule is CCc1ccc(CN(C)C(=O)CN2C(=O)C(=O)N(CC(C)C)C2=O)cc1. The monoisotopic (exact) mass is 359 g/mol. The van der Waals surface area contributed by atoms with E-state index in [4.69, 9.17) is 0 Å². The summed E-state index contributed by atoms with van der Waals surface area (Å²) in [7, 11) is 1.61. The first-order valence-electron chi connectivity index (χ1n) is 8.73. The molecule has 140 valence electrons. The minimum atomic E-state index is -0.940. The Kier molecular flexibility index (Phi) is 6.13. The van der Waals surface area contributed by atoms with Gasteiger partial charge in [0.25, 0.3) is 0 Å². The Bertz CT molecular complexity index is 712. The van der Waals surface area contributed by atoms with Gasteiger partial charge < -0.3 is 4.90 Å². The molecule has 0 radical (unpaired) electrons. The summed E-state index contributed by atoms with van der Waals surface area (Å²) in [6.07, 6.45) is 0.940. The van der Waals surface area contributed by atoms with E-state index in [1.165, 1.54) is 10.5 Å². The second kappa shape index (κ2) is 8.12. The molecule has 1 heterocycles. The standard InChI is InChI=1S/C19H25N3O4/c1-5-14-6-8-15(9-7-14)11-20(4)16(23)12-22-18(25)17(24)21(19(22)26)10-13(2)3/h6-9,13H,5,10-12H2,1-4H3. The topological polar surface area (TPSA) is 78.0 Å². The second-order valence-electron chi connectivity index (χ2n) is 6.90. The number of nitrogens with zero attached hydrogens (tertiary/aromatic N) is 3. The van der Waals surface area contributed by atoms with Crippen molar-refractivity contribution in [2.45, 2.75) is 33.7 Å². The first-order chi connectivity index (χ1) is 12.2. The van der Waals surface area contributed by atoms with Crippen LogP contribution in [0.2, 0.25) is 0 Å². The summed E-state index contributed by atoms with van der Waals surface area (Å²) >= 11 is 0. The van der Waals surface area contributed by atoms with Crippen LogP contribution in [0.4, 0.5) is 4.79 Å². The summed E-state index contributed by atoms with van der Waals surface area (Å²) in [5, 5.41) is 0. The van der Waals surface area contributed by atoms with E-state index in [0.29, 0.717) is 6.54 Å². The van der Waals surface area contributed by atoms with Crippen LogP contribution in [0, 0.1) is 5.92 Å². The lowest BCUT2D eigenvalue weighted by Crippen LogP contribution is -2.42. The molecule has 1 saturated heterocycles. The molecule has 2 rings (SSSR count). The Hall–Kier alpha value is -2.70. The number of imide groups is 2. The zero-order valence-electron chi connectivity index (χ0n) is 15.7. The van der Waals surface area contributed by atoms with Gasteiger partial charge in [-0.1, -0.05) is 45.0 Å². The number of urea groups is 1. The molecule has 0 saturated carbocycles. The summed E-state index contributed by atoms with van der Waals surface area (Å²) in [6.45, 7) is 5.85. The van der Waals surface area contributed by atoms with Crippen molar-refractivity contribution in [1.29, 1.82) is 0 Å². The van der Waals surface area contributed by atoms with Crippen LogP contribution in [-0.4, -0.2) is 58.6 Å². The van der Waals surface area contributed by atoms with E-state index >= 15 is 0 Å². The first kappa shape index (κ1) is 19.6. The Labute approximate surface area is 153 Å². The maximum Gasteiger partial charge on any atom is 0.334 e. The predicted octanol–water partition coefficient (Wildman–Crippen LogP) is 1.65. The Balaban J connectivity index is 2.00. The highest BCUT2D eigenvalue weighted by Crippen LogP contribution is 2.15. The van der Waals surface area contributed by atoms with Crippen molar-refractivity contribution in [3.05, 3.63) is 35.4 Å². The average molecular weight is 359 g/mol. The molecule has 1 aromatic rings. The molecule has 1 aromatic carbocycles. The number of aryl methyl sites for hydroxylation is 1. The molecular weight excluding hydrogens is 334 g/mol. The van der Waals surface area contributed by atoms with E-state index in [2.05, 4.69) is 6.92 Å². The largest absolute Gasteiger partial charge is 0.340 e. The van der Waals surface area contributed by atoms with E-state index in [1.807, 2.05) is 38.1 Å². The van der Waals surface area contributed by atoms with Gasteiger partial charge in [-0.3, -0.25) is 19.3 Å². The summed E-state index contributed by atoms with van der Waals surface area (Å²) in [4.78, 5) is 51.8. The van der Waals surface area contributed by atoms with Crippen LogP contribution >= 0.6 is 0 Å². The molecule has 0 spiro atoms. The zero-order valence-corrected chi connectivity index (χ0v) is 15.7. The number of carbonyl (C=O) groups is 4. The summed E-state index contributed by atoms with van der Waals surface area (Å²) in [5.74, 6) is -2.16. The van der Waals surface area contributed by atoms with Crippen LogP contribution in [0.5, 0.6) is 0 Å². The fourth-order valence-electron chi connectivity index (χ4n) is 2.71. The molecule has 0 aliphatic carbocycles. The molecule has 5 amide bonds. The minimum absolute atomic E-state index is 0.0418. The number of rotatable bonds is 7. The van der Waals surface area contributed by atoms with Gasteiger partial charge in [-0.15, -0.1) is 0 Å². The van der Waals surface area contributed by atoms with Gasteiger partial charge in [0.15, 0.2) is 0 Å². The van der Waals surface area contributed by atoms with Gasteiger partial charge >= 0.3 is 17.8 Å². The number of hydrogen-bond donors (Lipinski definition) is 0. The maximum absolute atomic E-state index is 12.4. The van der Waals surface area contributed by atoms with Gasteiger partial charge in [0.1, 0.15) is 6.54 Å². The number of benzene rings is 1. The van der Waals surface area contributed by atoms with E-state index < -0.39 is 30.3 Å². The Morgan fingerprint density at radius 1 is 1.00 bits per heavy atom. The van der Waals surface area contributed by atoms with Crippen LogP contribution in [0.3, 0.4) is 0 Å². The van der Waals surface area contributed by atoms with Crippen LogP contribution in [0.1, 0.15) is 31.9 Å². The van der Waals surface area contributed by atoms with Crippen LogP contribution < -0.4 is 0 Å². The van der Waals surface area contributed by atoms with Crippen LogP contribution in [0.25, 0.3) is 0 Å². The first-order valence-corrected chi connectivity index (χ1v) is 8.73. The lowest BCUT2D eigenvalue weighted by molar-refractivity contribution is -0.144. The lowest BCUT2D eigenvalue weighted by Gasteiger charge is -2.21. The van der Waals surface area contributed by atoms with Crippen molar-refractivity contribution in [2.75, 3.05) is 20.1 Å². The van der Waals surface area contributed by atoms with E-state index in [1.54, 1.807) is 7.05 Å². The van der Waals surface area contributed by atoms with Crippen LogP contribution in [0.15, 0.2) is 24.3 Å². The van der Waals surface area contributed by atoms with Crippen LogP contribution in [-0.2, 0) is 27.3 Å². The van der Waals surface area contributed by atoms with Gasteiger partial charge in [-0.2, -0.15) is 0 Å². The molecule has 7 heteroatoms. The third-order valence-electron chi connectivity index (χ3n) is 4.25. The fourth-order valence-corrected chi connectivity index (χ4v) is 2.71. The quantitative estimate of drug-likeness (QED) is 0.548. The highest BCUT2D eigenvalue weighted by atomic mass is 16.2. The Morgan fingerprint density at radius 2 is 1.54 bits per heavy atom. The molecule has 0 unspecified atom stereocenters. The second-order valence-corrected chi connectivity index (χ2v) is 6.90. The number of amides is 5. The van der Waals surface area contributed by atoms with E-state index in [9.17, 15) is 19.2 Å². The molecule has 1 fully saturated rings. The average Bonchev–Trinajstić information content (AvgIpc) is 2.80. The number of likely N-dealkylation sites (N-methyl/N-ethyl adjacent to an activating group) is 1. The third-order valence-corrected chi connectivity index (χ3v) is 4.25. The lowest BCUT2D eigenvalue weighted by atomic mass is 10.1. The number of carbonyl (C=O) groups excluding carboxylic acids is 4. The van der Waals surface area contributed by atoms with E-state index in [-0.39, 0.29) is 12.5 Å². The van der Waals surface area contributed by atoms with Gasteiger partial charge in [-0.25, -0.2) is 9.69 Å². The summed E-state index contributed by atoms with van der Waals surface area (Å²) < 4.78 is 0.